The molecule has 2 aromatic rings. The molecule has 0 unspecified atom stereocenters. The predicted molar refractivity (Wildman–Crippen MR) is 72.6 cm³/mol. The third kappa shape index (κ3) is 3.02. The molecular weight excluding hydrogens is 265 g/mol. The van der Waals surface area contributed by atoms with E-state index in [4.69, 9.17) is 4.74 Å². The molecule has 0 atom stereocenters. The smallest absolute Gasteiger partial charge is 0.416 e. The van der Waals surface area contributed by atoms with Crippen molar-refractivity contribution in [1.29, 1.82) is 0 Å². The maximum Gasteiger partial charge on any atom is 0.416 e. The summed E-state index contributed by atoms with van der Waals surface area (Å²) in [5, 5.41) is 0. The zero-order valence-electron chi connectivity index (χ0n) is 10.9. The number of alkyl halides is 3. The summed E-state index contributed by atoms with van der Waals surface area (Å²) in [6.07, 6.45) is -4.32. The fraction of sp³-hybridized carbons (Fsp3) is 0.125. The van der Waals surface area contributed by atoms with Crippen molar-refractivity contribution >= 4 is 5.57 Å². The second-order valence-corrected chi connectivity index (χ2v) is 4.28. The lowest BCUT2D eigenvalue weighted by Crippen LogP contribution is -2.04. The molecule has 2 aromatic carbocycles. The summed E-state index contributed by atoms with van der Waals surface area (Å²) >= 11 is 0. The third-order valence-corrected chi connectivity index (χ3v) is 3.00. The number of methoxy groups -OCH3 is 1. The van der Waals surface area contributed by atoms with Gasteiger partial charge in [0.2, 0.25) is 0 Å². The minimum Gasteiger partial charge on any atom is -0.497 e. The van der Waals surface area contributed by atoms with Gasteiger partial charge in [-0.3, -0.25) is 0 Å². The molecule has 0 radical (unpaired) electrons. The summed E-state index contributed by atoms with van der Waals surface area (Å²) in [5.74, 6) is 0.717. The molecule has 0 amide bonds. The molecule has 0 spiro atoms. The van der Waals surface area contributed by atoms with Crippen LogP contribution in [0.1, 0.15) is 16.7 Å². The molecule has 104 valence electrons. The first-order chi connectivity index (χ1) is 9.41. The van der Waals surface area contributed by atoms with Crippen LogP contribution >= 0.6 is 0 Å². The molecule has 4 heteroatoms. The lowest BCUT2D eigenvalue weighted by atomic mass is 9.98. The van der Waals surface area contributed by atoms with Crippen LogP contribution in [0.4, 0.5) is 13.2 Å². The highest BCUT2D eigenvalue weighted by Gasteiger charge is 2.29. The molecule has 0 aliphatic heterocycles. The Morgan fingerprint density at radius 3 is 1.75 bits per heavy atom. The molecule has 0 heterocycles. The highest BCUT2D eigenvalue weighted by Crippen LogP contribution is 2.31. The van der Waals surface area contributed by atoms with Crippen LogP contribution < -0.4 is 4.74 Å². The summed E-state index contributed by atoms with van der Waals surface area (Å²) in [7, 11) is 1.57. The average molecular weight is 278 g/mol. The van der Waals surface area contributed by atoms with E-state index in [9.17, 15) is 13.2 Å². The van der Waals surface area contributed by atoms with Gasteiger partial charge in [0.25, 0.3) is 0 Å². The van der Waals surface area contributed by atoms with Gasteiger partial charge in [-0.1, -0.05) is 30.8 Å². The summed E-state index contributed by atoms with van der Waals surface area (Å²) < 4.78 is 42.5. The summed E-state index contributed by atoms with van der Waals surface area (Å²) in [4.78, 5) is 0. The van der Waals surface area contributed by atoms with E-state index in [1.165, 1.54) is 12.1 Å². The molecule has 0 aliphatic carbocycles. The first kappa shape index (κ1) is 14.2. The Kier molecular flexibility index (Phi) is 3.84. The van der Waals surface area contributed by atoms with Gasteiger partial charge in [-0.05, 0) is 41.0 Å². The molecule has 0 N–H and O–H groups in total. The molecule has 0 saturated carbocycles. The van der Waals surface area contributed by atoms with Crippen molar-refractivity contribution in [3.05, 3.63) is 71.8 Å². The Labute approximate surface area is 115 Å². The monoisotopic (exact) mass is 278 g/mol. The Morgan fingerprint density at radius 1 is 0.900 bits per heavy atom. The molecule has 0 fully saturated rings. The van der Waals surface area contributed by atoms with Crippen LogP contribution in [0.2, 0.25) is 0 Å². The number of halogens is 3. The van der Waals surface area contributed by atoms with Gasteiger partial charge in [-0.15, -0.1) is 0 Å². The second kappa shape index (κ2) is 5.41. The van der Waals surface area contributed by atoms with Crippen LogP contribution in [-0.4, -0.2) is 7.11 Å². The Bertz CT molecular complexity index is 595. The second-order valence-electron chi connectivity index (χ2n) is 4.28. The van der Waals surface area contributed by atoms with Crippen molar-refractivity contribution in [2.24, 2.45) is 0 Å². The molecular formula is C16H13F3O. The summed E-state index contributed by atoms with van der Waals surface area (Å²) in [6, 6.07) is 12.2. The van der Waals surface area contributed by atoms with Gasteiger partial charge in [0, 0.05) is 0 Å². The van der Waals surface area contributed by atoms with Crippen molar-refractivity contribution in [2.75, 3.05) is 7.11 Å². The van der Waals surface area contributed by atoms with E-state index in [0.717, 1.165) is 17.7 Å². The van der Waals surface area contributed by atoms with Crippen molar-refractivity contribution in [3.63, 3.8) is 0 Å². The van der Waals surface area contributed by atoms with E-state index >= 15 is 0 Å². The van der Waals surface area contributed by atoms with Gasteiger partial charge in [-0.2, -0.15) is 13.2 Å². The average Bonchev–Trinajstić information content (AvgIpc) is 2.46. The standard InChI is InChI=1S/C16H13F3O/c1-11(13-5-9-15(20-2)10-6-13)12-3-7-14(8-4-12)16(17,18)19/h3-10H,1H2,2H3. The van der Waals surface area contributed by atoms with E-state index in [-0.39, 0.29) is 0 Å². The normalized spacial score (nSPS) is 11.2. The first-order valence-corrected chi connectivity index (χ1v) is 5.93. The number of hydrogen-bond acceptors (Lipinski definition) is 1. The number of hydrogen-bond donors (Lipinski definition) is 0. The van der Waals surface area contributed by atoms with E-state index < -0.39 is 11.7 Å². The quantitative estimate of drug-likeness (QED) is 0.785. The minimum absolute atomic E-state index is 0.656. The van der Waals surface area contributed by atoms with Gasteiger partial charge in [0.1, 0.15) is 5.75 Å². The number of rotatable bonds is 3. The Balaban J connectivity index is 2.24. The number of ether oxygens (including phenoxy) is 1. The molecule has 0 saturated heterocycles. The van der Waals surface area contributed by atoms with Crippen LogP contribution in [-0.2, 0) is 6.18 Å². The fourth-order valence-electron chi connectivity index (χ4n) is 1.82. The first-order valence-electron chi connectivity index (χ1n) is 5.93. The zero-order chi connectivity index (χ0) is 14.8. The van der Waals surface area contributed by atoms with Gasteiger partial charge in [-0.25, -0.2) is 0 Å². The van der Waals surface area contributed by atoms with Crippen LogP contribution in [0.15, 0.2) is 55.1 Å². The topological polar surface area (TPSA) is 9.23 Å². The maximum absolute atomic E-state index is 12.5. The predicted octanol–water partition coefficient (Wildman–Crippen LogP) is 4.78. The Morgan fingerprint density at radius 2 is 1.35 bits per heavy atom. The van der Waals surface area contributed by atoms with Gasteiger partial charge in [0.05, 0.1) is 12.7 Å². The maximum atomic E-state index is 12.5. The van der Waals surface area contributed by atoms with Crippen molar-refractivity contribution in [2.45, 2.75) is 6.18 Å². The fourth-order valence-corrected chi connectivity index (χ4v) is 1.82. The van der Waals surface area contributed by atoms with Gasteiger partial charge < -0.3 is 4.74 Å². The molecule has 0 aromatic heterocycles. The largest absolute Gasteiger partial charge is 0.497 e. The lowest BCUT2D eigenvalue weighted by molar-refractivity contribution is -0.137. The minimum atomic E-state index is -4.32. The Hall–Kier alpha value is -2.23. The molecule has 0 aliphatic rings. The van der Waals surface area contributed by atoms with Gasteiger partial charge >= 0.3 is 6.18 Å². The van der Waals surface area contributed by atoms with E-state index in [2.05, 4.69) is 6.58 Å². The highest BCUT2D eigenvalue weighted by molar-refractivity contribution is 5.78. The zero-order valence-corrected chi connectivity index (χ0v) is 10.9. The van der Waals surface area contributed by atoms with Crippen molar-refractivity contribution < 1.29 is 17.9 Å². The van der Waals surface area contributed by atoms with Crippen LogP contribution in [0.25, 0.3) is 5.57 Å². The van der Waals surface area contributed by atoms with Gasteiger partial charge in [0.15, 0.2) is 0 Å². The van der Waals surface area contributed by atoms with Crippen molar-refractivity contribution in [3.8, 4) is 5.75 Å². The highest BCUT2D eigenvalue weighted by atomic mass is 19.4. The molecule has 20 heavy (non-hydrogen) atoms. The third-order valence-electron chi connectivity index (χ3n) is 3.00. The van der Waals surface area contributed by atoms with E-state index in [1.54, 1.807) is 19.2 Å². The molecule has 0 bridgehead atoms. The van der Waals surface area contributed by atoms with E-state index in [0.29, 0.717) is 16.9 Å². The lowest BCUT2D eigenvalue weighted by Gasteiger charge is -2.10. The molecule has 1 nitrogen and oxygen atoms in total. The molecule has 2 rings (SSSR count). The van der Waals surface area contributed by atoms with Crippen LogP contribution in [0.3, 0.4) is 0 Å². The van der Waals surface area contributed by atoms with Crippen molar-refractivity contribution in [1.82, 2.24) is 0 Å². The summed E-state index contributed by atoms with van der Waals surface area (Å²) in [6.45, 7) is 3.92. The van der Waals surface area contributed by atoms with Crippen LogP contribution in [0, 0.1) is 0 Å². The number of benzene rings is 2. The summed E-state index contributed by atoms with van der Waals surface area (Å²) in [5.41, 5.74) is 1.50. The SMILES string of the molecule is C=C(c1ccc(OC)cc1)c1ccc(C(F)(F)F)cc1. The van der Waals surface area contributed by atoms with E-state index in [1.807, 2.05) is 12.1 Å². The van der Waals surface area contributed by atoms with Crippen LogP contribution in [0.5, 0.6) is 5.75 Å².